The molecule has 2 fully saturated rings. The second kappa shape index (κ2) is 14.0. The van der Waals surface area contributed by atoms with E-state index in [-0.39, 0.29) is 24.0 Å². The quantitative estimate of drug-likeness (QED) is 0.277. The minimum absolute atomic E-state index is 0. The van der Waals surface area contributed by atoms with Crippen LogP contribution in [0.1, 0.15) is 46.0 Å². The summed E-state index contributed by atoms with van der Waals surface area (Å²) in [4.78, 5) is 7.44. The first-order chi connectivity index (χ1) is 12.7. The summed E-state index contributed by atoms with van der Waals surface area (Å²) in [5.74, 6) is 1.55. The van der Waals surface area contributed by atoms with Gasteiger partial charge in [0, 0.05) is 53.0 Å². The first kappa shape index (κ1) is 24.9. The van der Waals surface area contributed by atoms with Crippen LogP contribution >= 0.6 is 24.0 Å². The Morgan fingerprint density at radius 2 is 1.93 bits per heavy atom. The Balaban J connectivity index is 0.00000364. The monoisotopic (exact) mass is 496 g/mol. The molecule has 1 heterocycles. The van der Waals surface area contributed by atoms with E-state index in [1.807, 2.05) is 0 Å². The molecule has 2 N–H and O–H groups in total. The Kier molecular flexibility index (Phi) is 12.9. The van der Waals surface area contributed by atoms with Crippen molar-refractivity contribution in [2.75, 3.05) is 66.2 Å². The summed E-state index contributed by atoms with van der Waals surface area (Å²) in [5, 5.41) is 6.97. The van der Waals surface area contributed by atoms with Gasteiger partial charge in [-0.1, -0.05) is 19.8 Å². The number of nitrogens with zero attached hydrogens (tertiary/aromatic N) is 2. The van der Waals surface area contributed by atoms with Crippen molar-refractivity contribution in [3.05, 3.63) is 0 Å². The van der Waals surface area contributed by atoms with Gasteiger partial charge >= 0.3 is 0 Å². The number of nitrogens with one attached hydrogen (secondary N) is 2. The lowest BCUT2D eigenvalue weighted by Crippen LogP contribution is -2.44. The van der Waals surface area contributed by atoms with E-state index in [2.05, 4.69) is 29.4 Å². The summed E-state index contributed by atoms with van der Waals surface area (Å²) >= 11 is 0. The molecule has 1 unspecified atom stereocenters. The van der Waals surface area contributed by atoms with Gasteiger partial charge in [-0.05, 0) is 37.5 Å². The molecule has 2 aliphatic rings. The van der Waals surface area contributed by atoms with E-state index in [0.29, 0.717) is 11.3 Å². The number of hydrogen-bond acceptors (Lipinski definition) is 4. The van der Waals surface area contributed by atoms with Gasteiger partial charge < -0.3 is 20.1 Å². The lowest BCUT2D eigenvalue weighted by molar-refractivity contribution is 0.0320. The lowest BCUT2D eigenvalue weighted by Gasteiger charge is -2.29. The molecule has 1 aliphatic carbocycles. The average Bonchev–Trinajstić information content (AvgIpc) is 3.12. The molecular weight excluding hydrogens is 455 g/mol. The molecule has 0 bridgehead atoms. The maximum Gasteiger partial charge on any atom is 0.191 e. The zero-order valence-electron chi connectivity index (χ0n) is 17.6. The molecule has 0 aromatic heterocycles. The zero-order valence-corrected chi connectivity index (χ0v) is 19.9. The van der Waals surface area contributed by atoms with Gasteiger partial charge in [-0.25, -0.2) is 0 Å². The van der Waals surface area contributed by atoms with Crippen LogP contribution in [0.15, 0.2) is 4.99 Å². The number of hydrogen-bond donors (Lipinski definition) is 2. The smallest absolute Gasteiger partial charge is 0.191 e. The Morgan fingerprint density at radius 1 is 1.22 bits per heavy atom. The van der Waals surface area contributed by atoms with Crippen molar-refractivity contribution >= 4 is 29.9 Å². The van der Waals surface area contributed by atoms with Crippen LogP contribution in [0.25, 0.3) is 0 Å². The van der Waals surface area contributed by atoms with Gasteiger partial charge in [-0.3, -0.25) is 9.89 Å². The Bertz CT molecular complexity index is 411. The van der Waals surface area contributed by atoms with E-state index in [0.717, 1.165) is 71.5 Å². The van der Waals surface area contributed by atoms with Crippen LogP contribution in [-0.4, -0.2) is 77.1 Å². The first-order valence-corrected chi connectivity index (χ1v) is 10.5. The second-order valence-corrected chi connectivity index (χ2v) is 8.04. The van der Waals surface area contributed by atoms with Crippen LogP contribution in [0.4, 0.5) is 0 Å². The number of rotatable bonds is 10. The molecule has 0 aromatic rings. The molecule has 0 spiro atoms. The standard InChI is InChI=1S/C20H40N4O2.HI/c1-4-21-19(22-15-18(2)16-24-10-13-26-14-11-24)23-17-20(9-12-25-3)7-5-6-8-20;/h18H,4-17H2,1-3H3,(H2,21,22,23);1H. The van der Waals surface area contributed by atoms with Crippen molar-refractivity contribution in [2.24, 2.45) is 16.3 Å². The fourth-order valence-electron chi connectivity index (χ4n) is 4.08. The van der Waals surface area contributed by atoms with Crippen molar-refractivity contribution < 1.29 is 9.47 Å². The van der Waals surface area contributed by atoms with Crippen molar-refractivity contribution in [1.82, 2.24) is 15.5 Å². The van der Waals surface area contributed by atoms with Gasteiger partial charge in [0.25, 0.3) is 0 Å². The molecule has 1 atom stereocenters. The third-order valence-corrected chi connectivity index (χ3v) is 5.71. The highest BCUT2D eigenvalue weighted by molar-refractivity contribution is 14.0. The molecule has 7 heteroatoms. The minimum atomic E-state index is 0. The second-order valence-electron chi connectivity index (χ2n) is 8.04. The van der Waals surface area contributed by atoms with Crippen LogP contribution in [-0.2, 0) is 9.47 Å². The highest BCUT2D eigenvalue weighted by atomic mass is 127. The number of morpholine rings is 1. The third kappa shape index (κ3) is 9.28. The zero-order chi connectivity index (χ0) is 18.7. The van der Waals surface area contributed by atoms with Crippen molar-refractivity contribution in [3.8, 4) is 0 Å². The van der Waals surface area contributed by atoms with E-state index in [1.165, 1.54) is 25.7 Å². The van der Waals surface area contributed by atoms with E-state index in [4.69, 9.17) is 14.5 Å². The summed E-state index contributed by atoms with van der Waals surface area (Å²) in [6, 6.07) is 0. The third-order valence-electron chi connectivity index (χ3n) is 5.71. The predicted octanol–water partition coefficient (Wildman–Crippen LogP) is 2.72. The van der Waals surface area contributed by atoms with Crippen LogP contribution in [0, 0.1) is 11.3 Å². The molecule has 0 amide bonds. The molecule has 160 valence electrons. The van der Waals surface area contributed by atoms with E-state index >= 15 is 0 Å². The van der Waals surface area contributed by atoms with Gasteiger partial charge in [0.15, 0.2) is 5.96 Å². The number of guanidine groups is 1. The van der Waals surface area contributed by atoms with Crippen molar-refractivity contribution in [3.63, 3.8) is 0 Å². The normalized spacial score (nSPS) is 21.5. The van der Waals surface area contributed by atoms with Crippen LogP contribution in [0.5, 0.6) is 0 Å². The summed E-state index contributed by atoms with van der Waals surface area (Å²) in [7, 11) is 1.80. The summed E-state index contributed by atoms with van der Waals surface area (Å²) in [6.07, 6.45) is 6.36. The Labute approximate surface area is 183 Å². The highest BCUT2D eigenvalue weighted by Gasteiger charge is 2.33. The summed E-state index contributed by atoms with van der Waals surface area (Å²) in [6.45, 7) is 13.0. The van der Waals surface area contributed by atoms with Gasteiger partial charge in [-0.15, -0.1) is 24.0 Å². The fraction of sp³-hybridized carbons (Fsp3) is 0.950. The van der Waals surface area contributed by atoms with E-state index < -0.39 is 0 Å². The van der Waals surface area contributed by atoms with E-state index in [1.54, 1.807) is 7.11 Å². The maximum absolute atomic E-state index is 5.43. The molecule has 6 nitrogen and oxygen atoms in total. The fourth-order valence-corrected chi connectivity index (χ4v) is 4.08. The number of ether oxygens (including phenoxy) is 2. The number of aliphatic imine (C=N–C) groups is 1. The Morgan fingerprint density at radius 3 is 2.56 bits per heavy atom. The van der Waals surface area contributed by atoms with Gasteiger partial charge in [0.1, 0.15) is 0 Å². The number of methoxy groups -OCH3 is 1. The molecule has 0 radical (unpaired) electrons. The van der Waals surface area contributed by atoms with Gasteiger partial charge in [-0.2, -0.15) is 0 Å². The largest absolute Gasteiger partial charge is 0.385 e. The first-order valence-electron chi connectivity index (χ1n) is 10.5. The molecule has 2 rings (SSSR count). The highest BCUT2D eigenvalue weighted by Crippen LogP contribution is 2.41. The van der Waals surface area contributed by atoms with Crippen LogP contribution < -0.4 is 10.6 Å². The summed E-state index contributed by atoms with van der Waals surface area (Å²) < 4.78 is 10.8. The number of halogens is 1. The topological polar surface area (TPSA) is 58.1 Å². The summed E-state index contributed by atoms with van der Waals surface area (Å²) in [5.41, 5.74) is 0.345. The van der Waals surface area contributed by atoms with Crippen LogP contribution in [0.2, 0.25) is 0 Å². The minimum Gasteiger partial charge on any atom is -0.385 e. The van der Waals surface area contributed by atoms with Crippen molar-refractivity contribution in [1.29, 1.82) is 0 Å². The van der Waals surface area contributed by atoms with Gasteiger partial charge in [0.2, 0.25) is 0 Å². The predicted molar refractivity (Wildman–Crippen MR) is 123 cm³/mol. The molecular formula is C20H41IN4O2. The Hall–Kier alpha value is -0.120. The average molecular weight is 496 g/mol. The lowest BCUT2D eigenvalue weighted by atomic mass is 9.83. The van der Waals surface area contributed by atoms with Crippen molar-refractivity contribution in [2.45, 2.75) is 46.0 Å². The van der Waals surface area contributed by atoms with Gasteiger partial charge in [0.05, 0.1) is 13.2 Å². The van der Waals surface area contributed by atoms with E-state index in [9.17, 15) is 0 Å². The SMILES string of the molecule is CCNC(=NCC1(CCOC)CCCC1)NCC(C)CN1CCOCC1.I. The molecule has 1 saturated heterocycles. The molecule has 0 aromatic carbocycles. The molecule has 1 saturated carbocycles. The van der Waals surface area contributed by atoms with Crippen LogP contribution in [0.3, 0.4) is 0 Å². The maximum atomic E-state index is 5.43. The molecule has 1 aliphatic heterocycles. The molecule has 27 heavy (non-hydrogen) atoms.